The molecule has 0 saturated carbocycles. The van der Waals surface area contributed by atoms with Crippen LogP contribution in [-0.2, 0) is 17.5 Å². The van der Waals surface area contributed by atoms with Crippen LogP contribution < -0.4 is 15.8 Å². The maximum Gasteiger partial charge on any atom is 0.417 e. The Hall–Kier alpha value is -3.78. The number of aromatic amines is 1. The summed E-state index contributed by atoms with van der Waals surface area (Å²) in [4.78, 5) is 36.3. The van der Waals surface area contributed by atoms with Crippen LogP contribution in [0.5, 0.6) is 0 Å². The second-order valence-electron chi connectivity index (χ2n) is 12.6. The summed E-state index contributed by atoms with van der Waals surface area (Å²) in [6.45, 7) is 8.83. The monoisotopic (exact) mass is 656 g/mol. The number of nitrogens with one attached hydrogen (secondary N) is 2. The number of hydrogen-bond donors (Lipinski definition) is 2. The molecule has 1 amide bonds. The van der Waals surface area contributed by atoms with Gasteiger partial charge in [-0.05, 0) is 68.4 Å². The number of carbonyl (C=O) groups excluding carboxylic acids is 1. The van der Waals surface area contributed by atoms with Crippen LogP contribution in [0.15, 0.2) is 53.5 Å². The number of rotatable bonds is 7. The Morgan fingerprint density at radius 1 is 0.957 bits per heavy atom. The molecule has 2 aromatic carbocycles. The van der Waals surface area contributed by atoms with Crippen molar-refractivity contribution >= 4 is 17.3 Å². The van der Waals surface area contributed by atoms with Crippen molar-refractivity contribution in [2.45, 2.75) is 31.6 Å². The van der Waals surface area contributed by atoms with E-state index >= 15 is 4.39 Å². The highest BCUT2D eigenvalue weighted by molar-refractivity contribution is 6.07. The number of piperidine rings is 1. The molecule has 6 rings (SSSR count). The number of morpholine rings is 1. The van der Waals surface area contributed by atoms with Gasteiger partial charge in [-0.1, -0.05) is 12.1 Å². The van der Waals surface area contributed by atoms with E-state index in [1.165, 1.54) is 6.07 Å². The number of alkyl halides is 3. The highest BCUT2D eigenvalue weighted by atomic mass is 19.4. The van der Waals surface area contributed by atoms with E-state index < -0.39 is 34.6 Å². The third kappa shape index (κ3) is 7.86. The SMILES string of the molecule is CN1CCN(c2ccc(-c3cc(CN4CCC(N5CCOCC5)CC4)ccc3F)cc2NC(=O)c2c[nH]c(=O)cc2C(F)(F)F)CC1. The summed E-state index contributed by atoms with van der Waals surface area (Å²) in [6.07, 6.45) is -2.01. The number of halogens is 4. The van der Waals surface area contributed by atoms with E-state index in [4.69, 9.17) is 4.74 Å². The Labute approximate surface area is 271 Å². The van der Waals surface area contributed by atoms with Crippen molar-refractivity contribution in [2.24, 2.45) is 0 Å². The summed E-state index contributed by atoms with van der Waals surface area (Å²) in [5, 5.41) is 2.65. The number of carbonyl (C=O) groups is 1. The molecule has 9 nitrogen and oxygen atoms in total. The average Bonchev–Trinajstić information content (AvgIpc) is 3.06. The Kier molecular flexibility index (Phi) is 9.97. The van der Waals surface area contributed by atoms with Crippen LogP contribution in [-0.4, -0.2) is 104 Å². The van der Waals surface area contributed by atoms with Crippen molar-refractivity contribution in [3.05, 3.63) is 81.5 Å². The molecular formula is C34H40F4N6O3. The van der Waals surface area contributed by atoms with Crippen LogP contribution in [0.2, 0.25) is 0 Å². The molecule has 0 bridgehead atoms. The number of pyridine rings is 1. The number of benzene rings is 2. The molecule has 1 aromatic heterocycles. The summed E-state index contributed by atoms with van der Waals surface area (Å²) in [7, 11) is 2.00. The topological polar surface area (TPSA) is 84.2 Å². The predicted molar refractivity (Wildman–Crippen MR) is 172 cm³/mol. The quantitative estimate of drug-likeness (QED) is 0.363. The molecule has 4 heterocycles. The minimum Gasteiger partial charge on any atom is -0.379 e. The van der Waals surface area contributed by atoms with Gasteiger partial charge < -0.3 is 24.8 Å². The lowest BCUT2D eigenvalue weighted by molar-refractivity contribution is -0.138. The van der Waals surface area contributed by atoms with E-state index in [0.29, 0.717) is 48.6 Å². The Balaban J connectivity index is 1.25. The molecule has 0 aliphatic carbocycles. The molecule has 3 fully saturated rings. The lowest BCUT2D eigenvalue weighted by atomic mass is 9.99. The Morgan fingerprint density at radius 2 is 1.68 bits per heavy atom. The van der Waals surface area contributed by atoms with Gasteiger partial charge in [0.05, 0.1) is 35.7 Å². The van der Waals surface area contributed by atoms with Crippen LogP contribution >= 0.6 is 0 Å². The van der Waals surface area contributed by atoms with Gasteiger partial charge in [0.25, 0.3) is 5.91 Å². The molecule has 2 N–H and O–H groups in total. The number of aromatic nitrogens is 1. The summed E-state index contributed by atoms with van der Waals surface area (Å²) in [5.74, 6) is -1.47. The molecule has 0 unspecified atom stereocenters. The van der Waals surface area contributed by atoms with Crippen LogP contribution in [0.4, 0.5) is 28.9 Å². The summed E-state index contributed by atoms with van der Waals surface area (Å²) in [5.41, 5.74) is -0.360. The lowest BCUT2D eigenvalue weighted by Gasteiger charge is -2.40. The number of likely N-dealkylation sites (N-methyl/N-ethyl adjacent to an activating group) is 1. The molecule has 3 aliphatic rings. The number of hydrogen-bond acceptors (Lipinski definition) is 7. The number of likely N-dealkylation sites (tertiary alicyclic amines) is 1. The van der Waals surface area contributed by atoms with Crippen molar-refractivity contribution < 1.29 is 27.1 Å². The molecule has 3 aromatic rings. The Morgan fingerprint density at radius 3 is 2.38 bits per heavy atom. The zero-order valence-corrected chi connectivity index (χ0v) is 26.4. The number of ether oxygens (including phenoxy) is 1. The van der Waals surface area contributed by atoms with E-state index in [9.17, 15) is 22.8 Å². The minimum atomic E-state index is -4.91. The fourth-order valence-corrected chi connectivity index (χ4v) is 6.75. The standard InChI is InChI=1S/C34H40F4N6O3/c1-41-10-12-44(13-11-41)31-5-3-24(19-30(31)40-33(46)27-21-39-32(45)20-28(27)34(36,37)38)26-18-23(2-4-29(26)35)22-42-8-6-25(7-9-42)43-14-16-47-17-15-43/h2-5,18-21,25H,6-17,22H2,1H3,(H,39,45)(H,40,46). The number of H-pyrrole nitrogens is 1. The molecule has 3 saturated heterocycles. The number of piperazine rings is 1. The zero-order valence-electron chi connectivity index (χ0n) is 26.4. The van der Waals surface area contributed by atoms with E-state index in [2.05, 4.69) is 25.0 Å². The van der Waals surface area contributed by atoms with Crippen molar-refractivity contribution in [1.29, 1.82) is 0 Å². The largest absolute Gasteiger partial charge is 0.417 e. The van der Waals surface area contributed by atoms with Crippen molar-refractivity contribution in [3.8, 4) is 11.1 Å². The van der Waals surface area contributed by atoms with Gasteiger partial charge in [0.1, 0.15) is 5.82 Å². The molecule has 0 radical (unpaired) electrons. The second-order valence-corrected chi connectivity index (χ2v) is 12.6. The molecule has 3 aliphatic heterocycles. The minimum absolute atomic E-state index is 0.256. The predicted octanol–water partition coefficient (Wildman–Crippen LogP) is 4.50. The third-order valence-electron chi connectivity index (χ3n) is 9.43. The van der Waals surface area contributed by atoms with Gasteiger partial charge in [-0.3, -0.25) is 19.4 Å². The highest BCUT2D eigenvalue weighted by Crippen LogP contribution is 2.36. The number of anilines is 2. The van der Waals surface area contributed by atoms with Crippen LogP contribution in [0.1, 0.15) is 34.3 Å². The molecule has 252 valence electrons. The fraction of sp³-hybridized carbons (Fsp3) is 0.471. The maximum atomic E-state index is 15.4. The van der Waals surface area contributed by atoms with Crippen LogP contribution in [0.25, 0.3) is 11.1 Å². The van der Waals surface area contributed by atoms with E-state index in [0.717, 1.165) is 77.1 Å². The van der Waals surface area contributed by atoms with Gasteiger partial charge >= 0.3 is 6.18 Å². The first-order chi connectivity index (χ1) is 22.5. The smallest absolute Gasteiger partial charge is 0.379 e. The molecule has 0 atom stereocenters. The first-order valence-electron chi connectivity index (χ1n) is 16.1. The van der Waals surface area contributed by atoms with Gasteiger partial charge in [-0.15, -0.1) is 0 Å². The first kappa shape index (κ1) is 33.1. The summed E-state index contributed by atoms with van der Waals surface area (Å²) in [6, 6.07) is 11.1. The van der Waals surface area contributed by atoms with Crippen LogP contribution in [0, 0.1) is 5.82 Å². The second kappa shape index (κ2) is 14.1. The molecular weight excluding hydrogens is 616 g/mol. The van der Waals surface area contributed by atoms with E-state index in [1.807, 2.05) is 18.0 Å². The Bertz CT molecular complexity index is 1620. The van der Waals surface area contributed by atoms with Gasteiger partial charge in [0.2, 0.25) is 5.56 Å². The van der Waals surface area contributed by atoms with E-state index in [-0.39, 0.29) is 5.69 Å². The maximum absolute atomic E-state index is 15.4. The van der Waals surface area contributed by atoms with E-state index in [1.54, 1.807) is 24.3 Å². The van der Waals surface area contributed by atoms with Crippen molar-refractivity contribution in [3.63, 3.8) is 0 Å². The van der Waals surface area contributed by atoms with Gasteiger partial charge in [-0.2, -0.15) is 13.2 Å². The fourth-order valence-electron chi connectivity index (χ4n) is 6.75. The normalized spacial score (nSPS) is 19.2. The number of amides is 1. The molecule has 47 heavy (non-hydrogen) atoms. The lowest BCUT2D eigenvalue weighted by Crippen LogP contribution is -2.48. The third-order valence-corrected chi connectivity index (χ3v) is 9.43. The van der Waals surface area contributed by atoms with Gasteiger partial charge in [0.15, 0.2) is 0 Å². The van der Waals surface area contributed by atoms with Crippen molar-refractivity contribution in [2.75, 3.05) is 82.8 Å². The van der Waals surface area contributed by atoms with Gasteiger partial charge in [-0.25, -0.2) is 4.39 Å². The number of nitrogens with zero attached hydrogens (tertiary/aromatic N) is 4. The summed E-state index contributed by atoms with van der Waals surface area (Å²) < 4.78 is 62.2. The zero-order chi connectivity index (χ0) is 33.1. The van der Waals surface area contributed by atoms with Crippen molar-refractivity contribution in [1.82, 2.24) is 19.7 Å². The average molecular weight is 657 g/mol. The highest BCUT2D eigenvalue weighted by Gasteiger charge is 2.36. The molecule has 13 heteroatoms. The first-order valence-corrected chi connectivity index (χ1v) is 16.1. The van der Waals surface area contributed by atoms with Gasteiger partial charge in [0, 0.05) is 69.7 Å². The molecule has 0 spiro atoms. The summed E-state index contributed by atoms with van der Waals surface area (Å²) >= 11 is 0. The van der Waals surface area contributed by atoms with Crippen LogP contribution in [0.3, 0.4) is 0 Å².